The van der Waals surface area contributed by atoms with Gasteiger partial charge in [0.25, 0.3) is 0 Å². The number of likely N-dealkylation sites (N-methyl/N-ethyl adjacent to an activating group) is 1. The van der Waals surface area contributed by atoms with Crippen LogP contribution in [0, 0.1) is 0 Å². The highest BCUT2D eigenvalue weighted by atomic mass is 79.9. The Morgan fingerprint density at radius 2 is 2.10 bits per heavy atom. The van der Waals surface area contributed by atoms with E-state index in [4.69, 9.17) is 4.98 Å². The summed E-state index contributed by atoms with van der Waals surface area (Å²) < 4.78 is 3.19. The highest BCUT2D eigenvalue weighted by Crippen LogP contribution is 2.29. The van der Waals surface area contributed by atoms with Gasteiger partial charge in [0.2, 0.25) is 0 Å². The van der Waals surface area contributed by atoms with Gasteiger partial charge in [0, 0.05) is 21.6 Å². The predicted molar refractivity (Wildman–Crippen MR) is 94.8 cm³/mol. The lowest BCUT2D eigenvalue weighted by molar-refractivity contribution is 0.572. The number of pyridine rings is 1. The third-order valence-electron chi connectivity index (χ3n) is 3.23. The van der Waals surface area contributed by atoms with Gasteiger partial charge in [-0.15, -0.1) is 11.3 Å². The van der Waals surface area contributed by atoms with Crippen molar-refractivity contribution in [3.05, 3.63) is 56.2 Å². The number of aromatic nitrogens is 2. The van der Waals surface area contributed by atoms with Crippen LogP contribution in [0.15, 0.2) is 45.5 Å². The number of halogens is 2. The molecule has 3 aromatic rings. The van der Waals surface area contributed by atoms with Crippen molar-refractivity contribution in [2.24, 2.45) is 0 Å². The molecule has 0 fully saturated rings. The lowest BCUT2D eigenvalue weighted by atomic mass is 10.1. The summed E-state index contributed by atoms with van der Waals surface area (Å²) in [6, 6.07) is 10.4. The van der Waals surface area contributed by atoms with Gasteiger partial charge in [-0.05, 0) is 57.1 Å². The lowest BCUT2D eigenvalue weighted by Crippen LogP contribution is -2.20. The Bertz CT molecular complexity index is 739. The number of hydrogen-bond acceptors (Lipinski definition) is 4. The SMILES string of the molecule is CNC(Cc1nc2ccccc2s1)c1ncc(Br)cc1Br. The average Bonchev–Trinajstić information content (AvgIpc) is 2.87. The van der Waals surface area contributed by atoms with Crippen LogP contribution < -0.4 is 5.32 Å². The van der Waals surface area contributed by atoms with Crippen LogP contribution >= 0.6 is 43.2 Å². The summed E-state index contributed by atoms with van der Waals surface area (Å²) in [5.41, 5.74) is 2.06. The van der Waals surface area contributed by atoms with Crippen molar-refractivity contribution in [3.63, 3.8) is 0 Å². The Balaban J connectivity index is 1.90. The smallest absolute Gasteiger partial charge is 0.0958 e. The molecular formula is C15H13Br2N3S. The zero-order valence-corrected chi connectivity index (χ0v) is 15.3. The molecule has 2 heterocycles. The third kappa shape index (κ3) is 3.34. The van der Waals surface area contributed by atoms with Gasteiger partial charge in [0.1, 0.15) is 0 Å². The van der Waals surface area contributed by atoms with Crippen LogP contribution in [-0.4, -0.2) is 17.0 Å². The van der Waals surface area contributed by atoms with Crippen molar-refractivity contribution in [2.75, 3.05) is 7.05 Å². The summed E-state index contributed by atoms with van der Waals surface area (Å²) in [6.45, 7) is 0. The average molecular weight is 427 g/mol. The van der Waals surface area contributed by atoms with Gasteiger partial charge in [-0.25, -0.2) is 4.98 Å². The van der Waals surface area contributed by atoms with Gasteiger partial charge >= 0.3 is 0 Å². The number of nitrogens with zero attached hydrogens (tertiary/aromatic N) is 2. The Morgan fingerprint density at radius 3 is 2.81 bits per heavy atom. The zero-order chi connectivity index (χ0) is 14.8. The van der Waals surface area contributed by atoms with Gasteiger partial charge in [0.15, 0.2) is 0 Å². The van der Waals surface area contributed by atoms with Gasteiger partial charge in [-0.2, -0.15) is 0 Å². The molecule has 0 spiro atoms. The maximum atomic E-state index is 4.70. The van der Waals surface area contributed by atoms with Crippen LogP contribution in [0.4, 0.5) is 0 Å². The van der Waals surface area contributed by atoms with Crippen LogP contribution in [0.1, 0.15) is 16.7 Å². The van der Waals surface area contributed by atoms with Crippen molar-refractivity contribution >= 4 is 53.4 Å². The van der Waals surface area contributed by atoms with E-state index in [1.165, 1.54) is 4.70 Å². The topological polar surface area (TPSA) is 37.8 Å². The monoisotopic (exact) mass is 425 g/mol. The summed E-state index contributed by atoms with van der Waals surface area (Å²) in [5, 5.41) is 4.45. The zero-order valence-electron chi connectivity index (χ0n) is 11.3. The first-order valence-electron chi connectivity index (χ1n) is 6.50. The first-order chi connectivity index (χ1) is 10.2. The molecule has 6 heteroatoms. The molecule has 2 aromatic heterocycles. The normalized spacial score (nSPS) is 12.7. The Hall–Kier alpha value is -0.820. The van der Waals surface area contributed by atoms with Gasteiger partial charge < -0.3 is 5.32 Å². The van der Waals surface area contributed by atoms with Crippen LogP contribution in [0.2, 0.25) is 0 Å². The van der Waals surface area contributed by atoms with E-state index in [2.05, 4.69) is 54.3 Å². The molecule has 0 amide bonds. The Kier molecular flexibility index (Phi) is 4.69. The quantitative estimate of drug-likeness (QED) is 0.655. The fourth-order valence-corrected chi connectivity index (χ4v) is 4.48. The molecule has 0 saturated heterocycles. The molecule has 0 aliphatic heterocycles. The third-order valence-corrected chi connectivity index (χ3v) is 5.36. The van der Waals surface area contributed by atoms with Gasteiger partial charge in [-0.3, -0.25) is 4.98 Å². The molecule has 0 bridgehead atoms. The molecule has 3 nitrogen and oxygen atoms in total. The lowest BCUT2D eigenvalue weighted by Gasteiger charge is -2.15. The number of para-hydroxylation sites is 1. The fraction of sp³-hybridized carbons (Fsp3) is 0.200. The molecule has 3 rings (SSSR count). The fourth-order valence-electron chi connectivity index (χ4n) is 2.20. The number of thiazole rings is 1. The Morgan fingerprint density at radius 1 is 1.29 bits per heavy atom. The Labute approximate surface area is 144 Å². The number of fused-ring (bicyclic) bond motifs is 1. The molecule has 1 unspecified atom stereocenters. The number of nitrogens with one attached hydrogen (secondary N) is 1. The minimum Gasteiger partial charge on any atom is -0.311 e. The molecule has 0 radical (unpaired) electrons. The van der Waals surface area contributed by atoms with Crippen LogP contribution in [0.3, 0.4) is 0 Å². The molecule has 0 aliphatic rings. The van der Waals surface area contributed by atoms with Crippen molar-refractivity contribution < 1.29 is 0 Å². The summed E-state index contributed by atoms with van der Waals surface area (Å²) >= 11 is 8.76. The van der Waals surface area contributed by atoms with Gasteiger partial charge in [0.05, 0.1) is 27.0 Å². The predicted octanol–water partition coefficient (Wildman–Crippen LogP) is 4.72. The van der Waals surface area contributed by atoms with Crippen LogP contribution in [-0.2, 0) is 6.42 Å². The van der Waals surface area contributed by atoms with Gasteiger partial charge in [-0.1, -0.05) is 12.1 Å². The van der Waals surface area contributed by atoms with E-state index in [1.807, 2.05) is 31.4 Å². The molecule has 0 saturated carbocycles. The molecule has 0 aliphatic carbocycles. The summed E-state index contributed by atoms with van der Waals surface area (Å²) in [5.74, 6) is 0. The van der Waals surface area contributed by atoms with E-state index >= 15 is 0 Å². The minimum atomic E-state index is 0.132. The van der Waals surface area contributed by atoms with E-state index in [0.717, 1.165) is 31.6 Å². The largest absolute Gasteiger partial charge is 0.311 e. The molecule has 108 valence electrons. The van der Waals surface area contributed by atoms with E-state index in [0.29, 0.717) is 0 Å². The number of benzene rings is 1. The molecule has 1 N–H and O–H groups in total. The van der Waals surface area contributed by atoms with E-state index in [1.54, 1.807) is 11.3 Å². The summed E-state index contributed by atoms with van der Waals surface area (Å²) in [7, 11) is 1.95. The van der Waals surface area contributed by atoms with Crippen LogP contribution in [0.25, 0.3) is 10.2 Å². The maximum Gasteiger partial charge on any atom is 0.0958 e. The van der Waals surface area contributed by atoms with Crippen molar-refractivity contribution in [1.29, 1.82) is 0 Å². The molecule has 21 heavy (non-hydrogen) atoms. The highest BCUT2D eigenvalue weighted by molar-refractivity contribution is 9.11. The first-order valence-corrected chi connectivity index (χ1v) is 8.90. The van der Waals surface area contributed by atoms with E-state index in [-0.39, 0.29) is 6.04 Å². The minimum absolute atomic E-state index is 0.132. The maximum absolute atomic E-state index is 4.70. The molecular weight excluding hydrogens is 414 g/mol. The first kappa shape index (κ1) is 15.1. The summed E-state index contributed by atoms with van der Waals surface area (Å²) in [6.07, 6.45) is 2.64. The van der Waals surface area contributed by atoms with Crippen molar-refractivity contribution in [1.82, 2.24) is 15.3 Å². The number of rotatable bonds is 4. The van der Waals surface area contributed by atoms with Crippen molar-refractivity contribution in [3.8, 4) is 0 Å². The van der Waals surface area contributed by atoms with Crippen LogP contribution in [0.5, 0.6) is 0 Å². The van der Waals surface area contributed by atoms with E-state index in [9.17, 15) is 0 Å². The van der Waals surface area contributed by atoms with Crippen molar-refractivity contribution in [2.45, 2.75) is 12.5 Å². The second-order valence-corrected chi connectivity index (χ2v) is 7.53. The number of hydrogen-bond donors (Lipinski definition) is 1. The summed E-state index contributed by atoms with van der Waals surface area (Å²) in [4.78, 5) is 9.22. The molecule has 1 atom stereocenters. The molecule has 1 aromatic carbocycles. The highest BCUT2D eigenvalue weighted by Gasteiger charge is 2.17. The second kappa shape index (κ2) is 6.52. The van der Waals surface area contributed by atoms with E-state index < -0.39 is 0 Å². The standard InChI is InChI=1S/C15H13Br2N3S/c1-18-12(15-10(17)6-9(16)8-19-15)7-14-20-11-4-2-3-5-13(11)21-14/h2-6,8,12,18H,7H2,1H3. The second-order valence-electron chi connectivity index (χ2n) is 4.64.